The fraction of sp³-hybridized carbons (Fsp3) is 0.438. The molecule has 2 aromatic rings. The third kappa shape index (κ3) is 1.76. The van der Waals surface area contributed by atoms with Gasteiger partial charge in [0.15, 0.2) is 0 Å². The highest BCUT2D eigenvalue weighted by molar-refractivity contribution is 5.70. The summed E-state index contributed by atoms with van der Waals surface area (Å²) in [4.78, 5) is 0. The zero-order chi connectivity index (χ0) is 12.8. The summed E-state index contributed by atoms with van der Waals surface area (Å²) in [6, 6.07) is 7.50. The van der Waals surface area contributed by atoms with Crippen molar-refractivity contribution < 1.29 is 0 Å². The molecule has 0 unspecified atom stereocenters. The van der Waals surface area contributed by atoms with Crippen molar-refractivity contribution in [3.63, 3.8) is 0 Å². The smallest absolute Gasteiger partial charge is 0.0568 e. The number of benzene rings is 1. The quantitative estimate of drug-likeness (QED) is 0.842. The van der Waals surface area contributed by atoms with E-state index < -0.39 is 0 Å². The Bertz CT molecular complexity index is 614. The van der Waals surface area contributed by atoms with Crippen LogP contribution >= 0.6 is 0 Å². The van der Waals surface area contributed by atoms with E-state index in [2.05, 4.69) is 34.8 Å². The molecule has 1 aromatic heterocycles. The van der Waals surface area contributed by atoms with E-state index >= 15 is 0 Å². The summed E-state index contributed by atoms with van der Waals surface area (Å²) in [5, 5.41) is 7.97. The van der Waals surface area contributed by atoms with Crippen LogP contribution in [0.15, 0.2) is 30.6 Å². The zero-order valence-electron chi connectivity index (χ0n) is 11.3. The van der Waals surface area contributed by atoms with Gasteiger partial charge in [-0.2, -0.15) is 5.10 Å². The summed E-state index contributed by atoms with van der Waals surface area (Å²) in [5.41, 5.74) is 5.38. The van der Waals surface area contributed by atoms with Crippen LogP contribution in [0.3, 0.4) is 0 Å². The molecule has 0 saturated heterocycles. The van der Waals surface area contributed by atoms with Crippen LogP contribution in [-0.2, 0) is 7.05 Å². The molecular formula is C16H19N3. The fourth-order valence-electron chi connectivity index (χ4n) is 3.63. The first kappa shape index (κ1) is 11.1. The Labute approximate surface area is 113 Å². The summed E-state index contributed by atoms with van der Waals surface area (Å²) in [5.74, 6) is 0.723. The van der Waals surface area contributed by atoms with Crippen molar-refractivity contribution in [3.8, 4) is 11.1 Å². The molecule has 2 heterocycles. The molecule has 0 amide bonds. The Morgan fingerprint density at radius 2 is 2.11 bits per heavy atom. The van der Waals surface area contributed by atoms with E-state index in [4.69, 9.17) is 0 Å². The van der Waals surface area contributed by atoms with Crippen molar-refractivity contribution in [2.24, 2.45) is 7.05 Å². The molecule has 98 valence electrons. The summed E-state index contributed by atoms with van der Waals surface area (Å²) in [6.45, 7) is 0. The van der Waals surface area contributed by atoms with E-state index in [1.807, 2.05) is 17.9 Å². The second kappa shape index (κ2) is 4.12. The highest BCUT2D eigenvalue weighted by Gasteiger charge is 2.33. The molecule has 0 radical (unpaired) electrons. The Morgan fingerprint density at radius 3 is 2.95 bits per heavy atom. The van der Waals surface area contributed by atoms with Gasteiger partial charge < -0.3 is 5.32 Å². The van der Waals surface area contributed by atoms with Gasteiger partial charge in [0.25, 0.3) is 0 Å². The van der Waals surface area contributed by atoms with Crippen LogP contribution in [-0.4, -0.2) is 15.8 Å². The van der Waals surface area contributed by atoms with Gasteiger partial charge in [-0.15, -0.1) is 0 Å². The van der Waals surface area contributed by atoms with Crippen LogP contribution in [0, 0.1) is 0 Å². The molecule has 3 nitrogen and oxygen atoms in total. The SMILES string of the molecule is Cn1cc(-c2ccc3c(c2)[C@H]2CCCC[C@H]2N3)cn1. The van der Waals surface area contributed by atoms with E-state index in [1.165, 1.54) is 48.1 Å². The Morgan fingerprint density at radius 1 is 1.21 bits per heavy atom. The van der Waals surface area contributed by atoms with E-state index in [-0.39, 0.29) is 0 Å². The third-order valence-electron chi connectivity index (χ3n) is 4.60. The molecule has 1 saturated carbocycles. The van der Waals surface area contributed by atoms with Crippen LogP contribution in [0.1, 0.15) is 37.2 Å². The van der Waals surface area contributed by atoms with Gasteiger partial charge in [-0.3, -0.25) is 4.68 Å². The maximum Gasteiger partial charge on any atom is 0.0568 e. The van der Waals surface area contributed by atoms with Crippen molar-refractivity contribution in [3.05, 3.63) is 36.2 Å². The molecule has 1 fully saturated rings. The van der Waals surface area contributed by atoms with Crippen LogP contribution in [0.5, 0.6) is 0 Å². The highest BCUT2D eigenvalue weighted by atomic mass is 15.2. The molecular weight excluding hydrogens is 234 g/mol. The Hall–Kier alpha value is -1.77. The topological polar surface area (TPSA) is 29.9 Å². The first-order chi connectivity index (χ1) is 9.31. The van der Waals surface area contributed by atoms with Crippen LogP contribution in [0.2, 0.25) is 0 Å². The van der Waals surface area contributed by atoms with Gasteiger partial charge in [-0.05, 0) is 36.1 Å². The predicted octanol–water partition coefficient (Wildman–Crippen LogP) is 3.54. The molecule has 0 bridgehead atoms. The van der Waals surface area contributed by atoms with Crippen molar-refractivity contribution in [1.82, 2.24) is 9.78 Å². The largest absolute Gasteiger partial charge is 0.381 e. The van der Waals surface area contributed by atoms with Crippen molar-refractivity contribution in [2.75, 3.05) is 5.32 Å². The Kier molecular flexibility index (Phi) is 2.40. The lowest BCUT2D eigenvalue weighted by Crippen LogP contribution is -2.23. The maximum atomic E-state index is 4.27. The van der Waals surface area contributed by atoms with Gasteiger partial charge in [-0.25, -0.2) is 0 Å². The molecule has 19 heavy (non-hydrogen) atoms. The van der Waals surface area contributed by atoms with E-state index in [1.54, 1.807) is 0 Å². The molecule has 2 atom stereocenters. The number of hydrogen-bond donors (Lipinski definition) is 1. The summed E-state index contributed by atoms with van der Waals surface area (Å²) in [7, 11) is 1.97. The molecule has 0 spiro atoms. The van der Waals surface area contributed by atoms with E-state index in [9.17, 15) is 0 Å². The van der Waals surface area contributed by atoms with Gasteiger partial charge in [-0.1, -0.05) is 18.9 Å². The first-order valence-electron chi connectivity index (χ1n) is 7.21. The lowest BCUT2D eigenvalue weighted by Gasteiger charge is -2.25. The molecule has 4 rings (SSSR count). The minimum Gasteiger partial charge on any atom is -0.381 e. The third-order valence-corrected chi connectivity index (χ3v) is 4.60. The van der Waals surface area contributed by atoms with Gasteiger partial charge in [0.2, 0.25) is 0 Å². The minimum absolute atomic E-state index is 0.674. The molecule has 1 N–H and O–H groups in total. The fourth-order valence-corrected chi connectivity index (χ4v) is 3.63. The molecule has 2 aliphatic rings. The van der Waals surface area contributed by atoms with Gasteiger partial charge in [0.1, 0.15) is 0 Å². The number of rotatable bonds is 1. The van der Waals surface area contributed by atoms with Crippen molar-refractivity contribution in [2.45, 2.75) is 37.6 Å². The van der Waals surface area contributed by atoms with E-state index in [0.717, 1.165) is 5.92 Å². The summed E-state index contributed by atoms with van der Waals surface area (Å²) < 4.78 is 1.87. The molecule has 3 heteroatoms. The van der Waals surface area contributed by atoms with Crippen LogP contribution in [0.4, 0.5) is 5.69 Å². The van der Waals surface area contributed by atoms with Gasteiger partial charge in [0.05, 0.1) is 6.20 Å². The second-order valence-electron chi connectivity index (χ2n) is 5.85. The standard InChI is InChI=1S/C16H19N3/c1-19-10-12(9-17-19)11-6-7-16-14(8-11)13-4-2-3-5-15(13)18-16/h6-10,13,15,18H,2-5H2,1H3/t13-,15-/m1/s1. The van der Waals surface area contributed by atoms with Crippen molar-refractivity contribution >= 4 is 5.69 Å². The maximum absolute atomic E-state index is 4.27. The molecule has 1 aliphatic carbocycles. The Balaban J connectivity index is 1.75. The molecule has 1 aliphatic heterocycles. The highest BCUT2D eigenvalue weighted by Crippen LogP contribution is 2.44. The number of anilines is 1. The van der Waals surface area contributed by atoms with Crippen LogP contribution in [0.25, 0.3) is 11.1 Å². The lowest BCUT2D eigenvalue weighted by atomic mass is 9.82. The summed E-state index contributed by atoms with van der Waals surface area (Å²) >= 11 is 0. The monoisotopic (exact) mass is 253 g/mol. The summed E-state index contributed by atoms with van der Waals surface area (Å²) in [6.07, 6.45) is 9.44. The first-order valence-corrected chi connectivity index (χ1v) is 7.21. The zero-order valence-corrected chi connectivity index (χ0v) is 11.3. The number of nitrogens with one attached hydrogen (secondary N) is 1. The number of aryl methyl sites for hydroxylation is 1. The number of nitrogens with zero attached hydrogens (tertiary/aromatic N) is 2. The average molecular weight is 253 g/mol. The van der Waals surface area contributed by atoms with Crippen molar-refractivity contribution in [1.29, 1.82) is 0 Å². The van der Waals surface area contributed by atoms with E-state index in [0.29, 0.717) is 6.04 Å². The number of aromatic nitrogens is 2. The number of hydrogen-bond acceptors (Lipinski definition) is 2. The van der Waals surface area contributed by atoms with Crippen LogP contribution < -0.4 is 5.32 Å². The predicted molar refractivity (Wildman–Crippen MR) is 77.3 cm³/mol. The second-order valence-corrected chi connectivity index (χ2v) is 5.85. The normalized spacial score (nSPS) is 24.7. The average Bonchev–Trinajstić information content (AvgIpc) is 3.01. The number of fused-ring (bicyclic) bond motifs is 3. The van der Waals surface area contributed by atoms with Gasteiger partial charge in [0, 0.05) is 36.5 Å². The lowest BCUT2D eigenvalue weighted by molar-refractivity contribution is 0.422. The minimum atomic E-state index is 0.674. The molecule has 1 aromatic carbocycles. The van der Waals surface area contributed by atoms with Gasteiger partial charge >= 0.3 is 0 Å².